The zero-order chi connectivity index (χ0) is 18.1. The zero-order valence-corrected chi connectivity index (χ0v) is 14.9. The van der Waals surface area contributed by atoms with Gasteiger partial charge in [-0.15, -0.1) is 0 Å². The van der Waals surface area contributed by atoms with E-state index in [0.29, 0.717) is 30.5 Å². The van der Waals surface area contributed by atoms with Gasteiger partial charge in [-0.1, -0.05) is 23.7 Å². The van der Waals surface area contributed by atoms with E-state index >= 15 is 0 Å². The fraction of sp³-hybridized carbons (Fsp3) is 0.263. The molecule has 4 rings (SSSR count). The molecule has 1 aliphatic heterocycles. The third-order valence-electron chi connectivity index (χ3n) is 4.70. The molecule has 134 valence electrons. The van der Waals surface area contributed by atoms with Crippen molar-refractivity contribution in [1.82, 2.24) is 19.6 Å². The van der Waals surface area contributed by atoms with Gasteiger partial charge in [-0.25, -0.2) is 9.07 Å². The molecule has 0 N–H and O–H groups in total. The van der Waals surface area contributed by atoms with Crippen molar-refractivity contribution in [1.29, 1.82) is 0 Å². The van der Waals surface area contributed by atoms with Gasteiger partial charge in [-0.05, 0) is 36.4 Å². The van der Waals surface area contributed by atoms with Gasteiger partial charge in [0, 0.05) is 37.1 Å². The molecule has 0 spiro atoms. The van der Waals surface area contributed by atoms with Crippen molar-refractivity contribution in [2.75, 3.05) is 26.2 Å². The quantitative estimate of drug-likeness (QED) is 0.708. The summed E-state index contributed by atoms with van der Waals surface area (Å²) in [6.07, 6.45) is 0. The van der Waals surface area contributed by atoms with Crippen LogP contribution in [-0.2, 0) is 6.67 Å². The second-order valence-electron chi connectivity index (χ2n) is 6.37. The van der Waals surface area contributed by atoms with Gasteiger partial charge in [0.1, 0.15) is 5.82 Å². The van der Waals surface area contributed by atoms with E-state index in [4.69, 9.17) is 11.6 Å². The van der Waals surface area contributed by atoms with Crippen molar-refractivity contribution in [2.45, 2.75) is 6.67 Å². The number of amides is 1. The van der Waals surface area contributed by atoms with Crippen molar-refractivity contribution in [3.05, 3.63) is 65.1 Å². The summed E-state index contributed by atoms with van der Waals surface area (Å²) in [4.78, 5) is 16.5. The zero-order valence-electron chi connectivity index (χ0n) is 14.1. The molecule has 0 saturated carbocycles. The van der Waals surface area contributed by atoms with Crippen LogP contribution in [0.3, 0.4) is 0 Å². The monoisotopic (exact) mass is 372 g/mol. The van der Waals surface area contributed by atoms with Crippen LogP contribution in [0.2, 0.25) is 5.15 Å². The van der Waals surface area contributed by atoms with Gasteiger partial charge in [-0.2, -0.15) is 5.10 Å². The first-order chi connectivity index (χ1) is 12.6. The molecule has 26 heavy (non-hydrogen) atoms. The Morgan fingerprint density at radius 3 is 2.46 bits per heavy atom. The number of para-hydroxylation sites is 1. The van der Waals surface area contributed by atoms with Crippen LogP contribution in [0.1, 0.15) is 10.4 Å². The van der Waals surface area contributed by atoms with E-state index in [0.717, 1.165) is 24.0 Å². The molecule has 2 aromatic carbocycles. The molecule has 1 aromatic heterocycles. The van der Waals surface area contributed by atoms with Gasteiger partial charge >= 0.3 is 0 Å². The maximum absolute atomic E-state index is 13.0. The lowest BCUT2D eigenvalue weighted by Crippen LogP contribution is -2.49. The van der Waals surface area contributed by atoms with Crippen LogP contribution in [-0.4, -0.2) is 51.7 Å². The third kappa shape index (κ3) is 3.30. The van der Waals surface area contributed by atoms with Crippen molar-refractivity contribution in [3.8, 4) is 0 Å². The van der Waals surface area contributed by atoms with Crippen molar-refractivity contribution in [2.24, 2.45) is 0 Å². The highest BCUT2D eigenvalue weighted by Crippen LogP contribution is 2.22. The first-order valence-corrected chi connectivity index (χ1v) is 8.88. The second-order valence-corrected chi connectivity index (χ2v) is 6.72. The normalized spacial score (nSPS) is 15.5. The summed E-state index contributed by atoms with van der Waals surface area (Å²) in [5.41, 5.74) is 1.52. The number of carbonyl (C=O) groups excluding carboxylic acids is 1. The fourth-order valence-electron chi connectivity index (χ4n) is 3.25. The smallest absolute Gasteiger partial charge is 0.253 e. The second kappa shape index (κ2) is 7.05. The first kappa shape index (κ1) is 17.0. The predicted molar refractivity (Wildman–Crippen MR) is 98.6 cm³/mol. The summed E-state index contributed by atoms with van der Waals surface area (Å²) in [5.74, 6) is -0.395. The molecule has 1 aliphatic rings. The molecule has 2 heterocycles. The highest BCUT2D eigenvalue weighted by atomic mass is 35.5. The van der Waals surface area contributed by atoms with Gasteiger partial charge in [0.2, 0.25) is 0 Å². The number of halogens is 2. The molecular weight excluding hydrogens is 355 g/mol. The molecule has 7 heteroatoms. The van der Waals surface area contributed by atoms with E-state index in [2.05, 4.69) is 10.00 Å². The summed E-state index contributed by atoms with van der Waals surface area (Å²) < 4.78 is 14.9. The minimum Gasteiger partial charge on any atom is -0.336 e. The third-order valence-corrected chi connectivity index (χ3v) is 4.98. The fourth-order valence-corrected chi connectivity index (χ4v) is 3.50. The Morgan fingerprint density at radius 2 is 1.73 bits per heavy atom. The standard InChI is InChI=1S/C19H18ClFN4O/c20-18-16-3-1-2-4-17(16)25(22-18)13-23-9-11-24(12-10-23)19(26)14-5-7-15(21)8-6-14/h1-8H,9-13H2. The molecule has 1 amide bonds. The molecule has 0 bridgehead atoms. The van der Waals surface area contributed by atoms with Crippen LogP contribution in [0.4, 0.5) is 4.39 Å². The van der Waals surface area contributed by atoms with Gasteiger partial charge in [0.15, 0.2) is 5.15 Å². The lowest BCUT2D eigenvalue weighted by molar-refractivity contribution is 0.0590. The largest absolute Gasteiger partial charge is 0.336 e. The maximum Gasteiger partial charge on any atom is 0.253 e. The molecule has 0 unspecified atom stereocenters. The number of nitrogens with zero attached hydrogens (tertiary/aromatic N) is 4. The minimum atomic E-state index is -0.337. The molecule has 1 saturated heterocycles. The molecule has 5 nitrogen and oxygen atoms in total. The highest BCUT2D eigenvalue weighted by Gasteiger charge is 2.23. The van der Waals surface area contributed by atoms with Crippen LogP contribution in [0.5, 0.6) is 0 Å². The Balaban J connectivity index is 1.40. The van der Waals surface area contributed by atoms with Crippen LogP contribution in [0.15, 0.2) is 48.5 Å². The Morgan fingerprint density at radius 1 is 1.04 bits per heavy atom. The lowest BCUT2D eigenvalue weighted by Gasteiger charge is -2.34. The van der Waals surface area contributed by atoms with Crippen molar-refractivity contribution in [3.63, 3.8) is 0 Å². The summed E-state index contributed by atoms with van der Waals surface area (Å²) in [6, 6.07) is 13.6. The SMILES string of the molecule is O=C(c1ccc(F)cc1)N1CCN(Cn2nc(Cl)c3ccccc32)CC1. The average Bonchev–Trinajstić information content (AvgIpc) is 2.98. The van der Waals surface area contributed by atoms with Crippen LogP contribution in [0.25, 0.3) is 10.9 Å². The highest BCUT2D eigenvalue weighted by molar-refractivity contribution is 6.34. The Labute approximate surface area is 155 Å². The van der Waals surface area contributed by atoms with Crippen molar-refractivity contribution < 1.29 is 9.18 Å². The van der Waals surface area contributed by atoms with E-state index in [1.54, 1.807) is 4.90 Å². The molecule has 1 fully saturated rings. The molecule has 0 aliphatic carbocycles. The first-order valence-electron chi connectivity index (χ1n) is 8.50. The number of piperazine rings is 1. The lowest BCUT2D eigenvalue weighted by atomic mass is 10.2. The van der Waals surface area contributed by atoms with Gasteiger partial charge in [-0.3, -0.25) is 9.69 Å². The number of aromatic nitrogens is 2. The number of fused-ring (bicyclic) bond motifs is 1. The van der Waals surface area contributed by atoms with Gasteiger partial charge in [0.25, 0.3) is 5.91 Å². The molecule has 0 radical (unpaired) electrons. The summed E-state index contributed by atoms with van der Waals surface area (Å²) in [6.45, 7) is 3.38. The number of rotatable bonds is 3. The Kier molecular flexibility index (Phi) is 4.61. The molecule has 0 atom stereocenters. The summed E-state index contributed by atoms with van der Waals surface area (Å²) >= 11 is 6.21. The van der Waals surface area contributed by atoms with E-state index < -0.39 is 0 Å². The van der Waals surface area contributed by atoms with Crippen LogP contribution >= 0.6 is 11.6 Å². The Bertz CT molecular complexity index is 932. The number of hydrogen-bond donors (Lipinski definition) is 0. The van der Waals surface area contributed by atoms with Gasteiger partial charge in [0.05, 0.1) is 12.2 Å². The number of hydrogen-bond acceptors (Lipinski definition) is 3. The number of carbonyl (C=O) groups is 1. The van der Waals surface area contributed by atoms with Crippen LogP contribution < -0.4 is 0 Å². The Hall–Kier alpha value is -2.44. The number of benzene rings is 2. The maximum atomic E-state index is 13.0. The van der Waals surface area contributed by atoms with E-state index in [-0.39, 0.29) is 11.7 Å². The van der Waals surface area contributed by atoms with E-state index in [1.807, 2.05) is 28.9 Å². The topological polar surface area (TPSA) is 41.4 Å². The van der Waals surface area contributed by atoms with Gasteiger partial charge < -0.3 is 4.90 Å². The average molecular weight is 373 g/mol. The van der Waals surface area contributed by atoms with Crippen molar-refractivity contribution >= 4 is 28.4 Å². The van der Waals surface area contributed by atoms with E-state index in [9.17, 15) is 9.18 Å². The minimum absolute atomic E-state index is 0.0581. The molecule has 3 aromatic rings. The summed E-state index contributed by atoms with van der Waals surface area (Å²) in [5, 5.41) is 5.87. The summed E-state index contributed by atoms with van der Waals surface area (Å²) in [7, 11) is 0. The van der Waals surface area contributed by atoms with Crippen LogP contribution in [0, 0.1) is 5.82 Å². The van der Waals surface area contributed by atoms with E-state index in [1.165, 1.54) is 24.3 Å². The molecular formula is C19H18ClFN4O. The predicted octanol–water partition coefficient (Wildman–Crippen LogP) is 3.24.